The Balaban J connectivity index is 1.72. The summed E-state index contributed by atoms with van der Waals surface area (Å²) in [6, 6.07) is 1.75. The second-order valence-electron chi connectivity index (χ2n) is 6.73. The van der Waals surface area contributed by atoms with E-state index in [9.17, 15) is 4.79 Å². The minimum atomic E-state index is -0.104. The number of hydrogen-bond donors (Lipinski definition) is 1. The Kier molecular flexibility index (Phi) is 2.01. The molecule has 3 heteroatoms. The van der Waals surface area contributed by atoms with Crippen LogP contribution < -0.4 is 5.73 Å². The molecule has 0 spiro atoms. The molecule has 1 aromatic rings. The van der Waals surface area contributed by atoms with Gasteiger partial charge in [0.2, 0.25) is 5.88 Å². The summed E-state index contributed by atoms with van der Waals surface area (Å²) in [6.45, 7) is 0. The first-order chi connectivity index (χ1) is 8.66. The van der Waals surface area contributed by atoms with E-state index < -0.39 is 0 Å². The van der Waals surface area contributed by atoms with Gasteiger partial charge in [-0.15, -0.1) is 0 Å². The van der Waals surface area contributed by atoms with Crippen molar-refractivity contribution < 1.29 is 9.21 Å². The van der Waals surface area contributed by atoms with Crippen molar-refractivity contribution in [3.63, 3.8) is 0 Å². The minimum absolute atomic E-state index is 0.104. The highest BCUT2D eigenvalue weighted by Gasteiger charge is 2.54. The highest BCUT2D eigenvalue weighted by molar-refractivity contribution is 6.04. The van der Waals surface area contributed by atoms with Gasteiger partial charge in [-0.3, -0.25) is 4.79 Å². The molecule has 0 saturated heterocycles. The maximum atomic E-state index is 12.8. The number of hydrogen-bond acceptors (Lipinski definition) is 3. The number of Topliss-reactive ketones (excluding diaryl/α,β-unsaturated/α-hetero) is 1. The van der Waals surface area contributed by atoms with Crippen molar-refractivity contribution in [1.29, 1.82) is 0 Å². The van der Waals surface area contributed by atoms with Crippen molar-refractivity contribution >= 4 is 11.7 Å². The first-order valence-electron chi connectivity index (χ1n) is 7.04. The van der Waals surface area contributed by atoms with Crippen LogP contribution in [0.25, 0.3) is 0 Å². The van der Waals surface area contributed by atoms with Gasteiger partial charge >= 0.3 is 0 Å². The van der Waals surface area contributed by atoms with Crippen LogP contribution in [-0.4, -0.2) is 5.78 Å². The highest BCUT2D eigenvalue weighted by atomic mass is 16.3. The van der Waals surface area contributed by atoms with Gasteiger partial charge in [-0.1, -0.05) is 0 Å². The lowest BCUT2D eigenvalue weighted by Crippen LogP contribution is -2.50. The molecule has 1 aromatic heterocycles. The monoisotopic (exact) mass is 245 g/mol. The van der Waals surface area contributed by atoms with Gasteiger partial charge in [-0.25, -0.2) is 0 Å². The van der Waals surface area contributed by atoms with E-state index in [1.165, 1.54) is 25.5 Å². The van der Waals surface area contributed by atoms with Crippen molar-refractivity contribution in [3.8, 4) is 0 Å². The first-order valence-corrected chi connectivity index (χ1v) is 7.04. The van der Waals surface area contributed by atoms with Crippen molar-refractivity contribution in [2.75, 3.05) is 5.73 Å². The van der Waals surface area contributed by atoms with E-state index in [1.54, 1.807) is 6.07 Å². The average molecular weight is 245 g/mol. The molecule has 5 rings (SSSR count). The van der Waals surface area contributed by atoms with Gasteiger partial charge in [-0.2, -0.15) is 0 Å². The summed E-state index contributed by atoms with van der Waals surface area (Å²) in [5.41, 5.74) is 6.29. The number of nitrogen functional groups attached to an aromatic ring is 1. The van der Waals surface area contributed by atoms with Crippen molar-refractivity contribution in [2.24, 2.45) is 23.2 Å². The summed E-state index contributed by atoms with van der Waals surface area (Å²) < 4.78 is 5.11. The van der Waals surface area contributed by atoms with E-state index in [-0.39, 0.29) is 11.2 Å². The fraction of sp³-hybridized carbons (Fsp3) is 0.667. The number of anilines is 1. The molecule has 2 N–H and O–H groups in total. The standard InChI is InChI=1S/C15H19NO2/c16-14-12(1-2-18-14)13(17)15-6-9-3-10(7-15)5-11(4-9)8-15/h1-2,9-11H,3-8,16H2. The number of ketones is 1. The molecular weight excluding hydrogens is 226 g/mol. The van der Waals surface area contributed by atoms with Crippen molar-refractivity contribution in [3.05, 3.63) is 17.9 Å². The first kappa shape index (κ1) is 10.7. The molecule has 0 aromatic carbocycles. The quantitative estimate of drug-likeness (QED) is 0.814. The van der Waals surface area contributed by atoms with Gasteiger partial charge in [-0.05, 0) is 62.3 Å². The van der Waals surface area contributed by atoms with Gasteiger partial charge < -0.3 is 10.2 Å². The van der Waals surface area contributed by atoms with Gasteiger partial charge in [0.1, 0.15) is 0 Å². The molecule has 4 saturated carbocycles. The summed E-state index contributed by atoms with van der Waals surface area (Å²) in [4.78, 5) is 12.8. The topological polar surface area (TPSA) is 56.2 Å². The normalized spacial score (nSPS) is 41.2. The molecule has 18 heavy (non-hydrogen) atoms. The second kappa shape index (κ2) is 3.40. The lowest BCUT2D eigenvalue weighted by Gasteiger charge is -2.55. The van der Waals surface area contributed by atoms with Gasteiger partial charge in [0.25, 0.3) is 0 Å². The van der Waals surface area contributed by atoms with Crippen molar-refractivity contribution in [2.45, 2.75) is 38.5 Å². The Hall–Kier alpha value is -1.25. The van der Waals surface area contributed by atoms with E-state index >= 15 is 0 Å². The lowest BCUT2D eigenvalue weighted by atomic mass is 9.48. The Morgan fingerprint density at radius 1 is 1.17 bits per heavy atom. The number of furan rings is 1. The number of carbonyl (C=O) groups is 1. The molecule has 3 nitrogen and oxygen atoms in total. The third-order valence-corrected chi connectivity index (χ3v) is 5.46. The van der Waals surface area contributed by atoms with Crippen LogP contribution in [0.5, 0.6) is 0 Å². The molecular formula is C15H19NO2. The van der Waals surface area contributed by atoms with E-state index in [0.29, 0.717) is 11.4 Å². The molecule has 0 atom stereocenters. The van der Waals surface area contributed by atoms with Crippen LogP contribution in [0, 0.1) is 23.2 Å². The zero-order valence-electron chi connectivity index (χ0n) is 10.5. The second-order valence-corrected chi connectivity index (χ2v) is 6.73. The zero-order chi connectivity index (χ0) is 12.3. The van der Waals surface area contributed by atoms with Crippen molar-refractivity contribution in [1.82, 2.24) is 0 Å². The maximum absolute atomic E-state index is 12.8. The van der Waals surface area contributed by atoms with Crippen LogP contribution in [0.4, 0.5) is 5.88 Å². The van der Waals surface area contributed by atoms with Crippen LogP contribution in [0.15, 0.2) is 16.7 Å². The van der Waals surface area contributed by atoms with E-state index in [0.717, 1.165) is 37.0 Å². The Morgan fingerprint density at radius 3 is 2.17 bits per heavy atom. The molecule has 0 unspecified atom stereocenters. The van der Waals surface area contributed by atoms with E-state index in [4.69, 9.17) is 10.2 Å². The number of rotatable bonds is 2. The van der Waals surface area contributed by atoms with Gasteiger partial charge in [0.15, 0.2) is 5.78 Å². The predicted octanol–water partition coefficient (Wildman–Crippen LogP) is 3.26. The highest BCUT2D eigenvalue weighted by Crippen LogP contribution is 2.61. The average Bonchev–Trinajstić information content (AvgIpc) is 2.72. The summed E-state index contributed by atoms with van der Waals surface area (Å²) >= 11 is 0. The van der Waals surface area contributed by atoms with Crippen LogP contribution in [-0.2, 0) is 0 Å². The van der Waals surface area contributed by atoms with Crippen LogP contribution >= 0.6 is 0 Å². The molecule has 1 heterocycles. The predicted molar refractivity (Wildman–Crippen MR) is 68.1 cm³/mol. The van der Waals surface area contributed by atoms with E-state index in [1.807, 2.05) is 0 Å². The maximum Gasteiger partial charge on any atom is 0.200 e. The Labute approximate surface area is 107 Å². The fourth-order valence-corrected chi connectivity index (χ4v) is 5.18. The Morgan fingerprint density at radius 2 is 1.72 bits per heavy atom. The molecule has 0 aliphatic heterocycles. The summed E-state index contributed by atoms with van der Waals surface area (Å²) in [7, 11) is 0. The SMILES string of the molecule is Nc1occc1C(=O)C12CC3CC(CC(C3)C1)C2. The smallest absolute Gasteiger partial charge is 0.200 e. The fourth-order valence-electron chi connectivity index (χ4n) is 5.18. The van der Waals surface area contributed by atoms with E-state index in [2.05, 4.69) is 0 Å². The largest absolute Gasteiger partial charge is 0.448 e. The summed E-state index contributed by atoms with van der Waals surface area (Å²) in [6.07, 6.45) is 8.85. The molecule has 4 fully saturated rings. The molecule has 4 aliphatic rings. The molecule has 4 aliphatic carbocycles. The molecule has 96 valence electrons. The Bertz CT molecular complexity index is 467. The zero-order valence-corrected chi connectivity index (χ0v) is 10.5. The summed E-state index contributed by atoms with van der Waals surface area (Å²) in [5.74, 6) is 2.92. The molecule has 0 amide bonds. The minimum Gasteiger partial charge on any atom is -0.448 e. The van der Waals surface area contributed by atoms with Crippen LogP contribution in [0.1, 0.15) is 48.9 Å². The third kappa shape index (κ3) is 1.33. The molecule has 0 radical (unpaired) electrons. The third-order valence-electron chi connectivity index (χ3n) is 5.46. The number of nitrogens with two attached hydrogens (primary N) is 1. The summed E-state index contributed by atoms with van der Waals surface area (Å²) in [5, 5.41) is 0. The molecule has 4 bridgehead atoms. The van der Waals surface area contributed by atoms with Crippen LogP contribution in [0.3, 0.4) is 0 Å². The lowest BCUT2D eigenvalue weighted by molar-refractivity contribution is -0.0352. The van der Waals surface area contributed by atoms with Gasteiger partial charge in [0, 0.05) is 5.41 Å². The number of carbonyl (C=O) groups excluding carboxylic acids is 1. The van der Waals surface area contributed by atoms with Gasteiger partial charge in [0.05, 0.1) is 11.8 Å². The van der Waals surface area contributed by atoms with Crippen LogP contribution in [0.2, 0.25) is 0 Å².